The van der Waals surface area contributed by atoms with Crippen molar-refractivity contribution < 1.29 is 17.9 Å². The number of nitrogens with zero attached hydrogens (tertiary/aromatic N) is 2. The molecule has 5 nitrogen and oxygen atoms in total. The number of hydrogen-bond donors (Lipinski definition) is 2. The average molecular weight is 562 g/mol. The van der Waals surface area contributed by atoms with Crippen LogP contribution in [-0.4, -0.2) is 46.3 Å². The molecule has 32 heavy (non-hydrogen) atoms. The van der Waals surface area contributed by atoms with Gasteiger partial charge in [-0.1, -0.05) is 18.2 Å². The Balaban J connectivity index is 0.00000363. The first kappa shape index (κ1) is 26.1. The summed E-state index contributed by atoms with van der Waals surface area (Å²) in [6.07, 6.45) is -2.59. The maximum absolute atomic E-state index is 12.6. The number of aliphatic imine (C=N–C) groups is 1. The maximum Gasteiger partial charge on any atom is 0.416 e. The molecule has 0 bridgehead atoms. The third-order valence-corrected chi connectivity index (χ3v) is 5.47. The molecule has 1 aliphatic heterocycles. The van der Waals surface area contributed by atoms with Gasteiger partial charge < -0.3 is 20.3 Å². The molecule has 0 saturated carbocycles. The number of rotatable bonds is 7. The summed E-state index contributed by atoms with van der Waals surface area (Å²) in [5.74, 6) is 2.06. The molecule has 0 aliphatic carbocycles. The smallest absolute Gasteiger partial charge is 0.416 e. The predicted octanol–water partition coefficient (Wildman–Crippen LogP) is 4.57. The van der Waals surface area contributed by atoms with Crippen molar-refractivity contribution in [3.05, 3.63) is 59.7 Å². The Morgan fingerprint density at radius 3 is 2.56 bits per heavy atom. The van der Waals surface area contributed by atoms with Crippen LogP contribution >= 0.6 is 24.0 Å². The van der Waals surface area contributed by atoms with Crippen molar-refractivity contribution in [1.82, 2.24) is 10.6 Å². The highest BCUT2D eigenvalue weighted by atomic mass is 127. The molecule has 1 fully saturated rings. The molecule has 0 aromatic heterocycles. The largest absolute Gasteiger partial charge is 0.497 e. The maximum atomic E-state index is 12.6. The molecule has 2 aromatic carbocycles. The van der Waals surface area contributed by atoms with E-state index >= 15 is 0 Å². The summed E-state index contributed by atoms with van der Waals surface area (Å²) >= 11 is 0. The summed E-state index contributed by atoms with van der Waals surface area (Å²) < 4.78 is 43.2. The highest BCUT2D eigenvalue weighted by Crippen LogP contribution is 2.29. The minimum Gasteiger partial charge on any atom is -0.497 e. The van der Waals surface area contributed by atoms with E-state index in [-0.39, 0.29) is 24.0 Å². The van der Waals surface area contributed by atoms with E-state index in [0.717, 1.165) is 49.5 Å². The topological polar surface area (TPSA) is 48.9 Å². The van der Waals surface area contributed by atoms with Gasteiger partial charge in [-0.3, -0.25) is 4.99 Å². The van der Waals surface area contributed by atoms with E-state index in [1.807, 2.05) is 12.1 Å². The van der Waals surface area contributed by atoms with Crippen LogP contribution in [0.5, 0.6) is 5.75 Å². The van der Waals surface area contributed by atoms with Gasteiger partial charge in [0, 0.05) is 45.0 Å². The van der Waals surface area contributed by atoms with Gasteiger partial charge in [0.2, 0.25) is 0 Å². The second-order valence-electron chi connectivity index (χ2n) is 7.63. The fraction of sp³-hybridized carbons (Fsp3) is 0.435. The Morgan fingerprint density at radius 1 is 1.16 bits per heavy atom. The first-order valence-corrected chi connectivity index (χ1v) is 10.4. The second-order valence-corrected chi connectivity index (χ2v) is 7.63. The molecular weight excluding hydrogens is 532 g/mol. The van der Waals surface area contributed by atoms with Crippen LogP contribution in [0.1, 0.15) is 17.5 Å². The zero-order chi connectivity index (χ0) is 22.3. The van der Waals surface area contributed by atoms with Crippen LogP contribution in [0.4, 0.5) is 18.9 Å². The van der Waals surface area contributed by atoms with Gasteiger partial charge >= 0.3 is 6.18 Å². The number of methoxy groups -OCH3 is 1. The quantitative estimate of drug-likeness (QED) is 0.295. The van der Waals surface area contributed by atoms with Crippen molar-refractivity contribution in [2.45, 2.75) is 19.0 Å². The van der Waals surface area contributed by atoms with E-state index in [1.165, 1.54) is 17.8 Å². The summed E-state index contributed by atoms with van der Waals surface area (Å²) in [6, 6.07) is 13.4. The number of ether oxygens (including phenoxy) is 1. The van der Waals surface area contributed by atoms with Crippen molar-refractivity contribution in [1.29, 1.82) is 0 Å². The molecule has 3 rings (SSSR count). The van der Waals surface area contributed by atoms with Crippen LogP contribution in [0.15, 0.2) is 53.5 Å². The Kier molecular flexibility index (Phi) is 9.92. The van der Waals surface area contributed by atoms with Gasteiger partial charge in [0.15, 0.2) is 5.96 Å². The van der Waals surface area contributed by atoms with Crippen LogP contribution in [0.3, 0.4) is 0 Å². The second kappa shape index (κ2) is 12.2. The lowest BCUT2D eigenvalue weighted by molar-refractivity contribution is -0.137. The van der Waals surface area contributed by atoms with Gasteiger partial charge in [-0.05, 0) is 48.6 Å². The summed E-state index contributed by atoms with van der Waals surface area (Å²) in [7, 11) is 3.39. The van der Waals surface area contributed by atoms with E-state index in [1.54, 1.807) is 14.2 Å². The van der Waals surface area contributed by atoms with Gasteiger partial charge in [-0.2, -0.15) is 13.2 Å². The van der Waals surface area contributed by atoms with Crippen molar-refractivity contribution in [3.8, 4) is 5.75 Å². The average Bonchev–Trinajstić information content (AvgIpc) is 3.25. The highest BCUT2D eigenvalue weighted by molar-refractivity contribution is 14.0. The van der Waals surface area contributed by atoms with Crippen molar-refractivity contribution in [3.63, 3.8) is 0 Å². The monoisotopic (exact) mass is 562 g/mol. The van der Waals surface area contributed by atoms with Crippen molar-refractivity contribution in [2.75, 3.05) is 45.2 Å². The molecule has 9 heteroatoms. The molecule has 176 valence electrons. The summed E-state index contributed by atoms with van der Waals surface area (Å²) in [6.45, 7) is 3.36. The number of alkyl halides is 3. The zero-order valence-electron chi connectivity index (χ0n) is 18.3. The SMILES string of the molecule is CN=C(NCCc1ccc(C(F)(F)F)cc1)NCC1CCN(c2cccc(OC)c2)C1.I. The van der Waals surface area contributed by atoms with Crippen LogP contribution in [0.2, 0.25) is 0 Å². The first-order chi connectivity index (χ1) is 14.9. The standard InChI is InChI=1S/C23H29F3N4O.HI/c1-27-22(28-12-10-17-6-8-19(9-7-17)23(24,25)26)29-15-18-11-13-30(16-18)20-4-3-5-21(14-20)31-2;/h3-9,14,18H,10-13,15-16H2,1-2H3,(H2,27,28,29);1H. The predicted molar refractivity (Wildman–Crippen MR) is 133 cm³/mol. The highest BCUT2D eigenvalue weighted by Gasteiger charge is 2.29. The molecule has 1 aliphatic rings. The number of hydrogen-bond acceptors (Lipinski definition) is 3. The molecule has 0 amide bonds. The van der Waals surface area contributed by atoms with E-state index < -0.39 is 11.7 Å². The molecule has 1 unspecified atom stereocenters. The van der Waals surface area contributed by atoms with Gasteiger partial charge in [-0.15, -0.1) is 24.0 Å². The van der Waals surface area contributed by atoms with Gasteiger partial charge in [0.25, 0.3) is 0 Å². The summed E-state index contributed by atoms with van der Waals surface area (Å²) in [4.78, 5) is 6.60. The van der Waals surface area contributed by atoms with Crippen LogP contribution in [0, 0.1) is 5.92 Å². The third kappa shape index (κ3) is 7.46. The number of benzene rings is 2. The van der Waals surface area contributed by atoms with Crippen LogP contribution in [0.25, 0.3) is 0 Å². The number of anilines is 1. The fourth-order valence-corrected chi connectivity index (χ4v) is 3.69. The lowest BCUT2D eigenvalue weighted by Gasteiger charge is -2.20. The van der Waals surface area contributed by atoms with Crippen molar-refractivity contribution >= 4 is 35.6 Å². The van der Waals surface area contributed by atoms with E-state index in [0.29, 0.717) is 24.8 Å². The lowest BCUT2D eigenvalue weighted by Crippen LogP contribution is -2.41. The minimum atomic E-state index is -4.30. The fourth-order valence-electron chi connectivity index (χ4n) is 3.69. The Bertz CT molecular complexity index is 874. The van der Waals surface area contributed by atoms with Gasteiger partial charge in [0.05, 0.1) is 12.7 Å². The van der Waals surface area contributed by atoms with Crippen LogP contribution < -0.4 is 20.3 Å². The normalized spacial score (nSPS) is 16.5. The number of halogens is 4. The molecule has 1 heterocycles. The minimum absolute atomic E-state index is 0. The molecule has 2 aromatic rings. The summed E-state index contributed by atoms with van der Waals surface area (Å²) in [5, 5.41) is 6.59. The van der Waals surface area contributed by atoms with Crippen LogP contribution in [-0.2, 0) is 12.6 Å². The Labute approximate surface area is 204 Å². The van der Waals surface area contributed by atoms with Gasteiger partial charge in [-0.25, -0.2) is 0 Å². The number of guanidine groups is 1. The zero-order valence-corrected chi connectivity index (χ0v) is 20.6. The number of nitrogens with one attached hydrogen (secondary N) is 2. The molecular formula is C23H30F3IN4O. The van der Waals surface area contributed by atoms with E-state index in [2.05, 4.69) is 32.7 Å². The third-order valence-electron chi connectivity index (χ3n) is 5.47. The molecule has 2 N–H and O–H groups in total. The lowest BCUT2D eigenvalue weighted by atomic mass is 10.1. The van der Waals surface area contributed by atoms with E-state index in [9.17, 15) is 13.2 Å². The van der Waals surface area contributed by atoms with E-state index in [4.69, 9.17) is 4.74 Å². The molecule has 1 atom stereocenters. The Hall–Kier alpha value is -2.17. The Morgan fingerprint density at radius 2 is 1.91 bits per heavy atom. The molecule has 0 radical (unpaired) electrons. The molecule has 0 spiro atoms. The van der Waals surface area contributed by atoms with Gasteiger partial charge in [0.1, 0.15) is 5.75 Å². The summed E-state index contributed by atoms with van der Waals surface area (Å²) in [5.41, 5.74) is 1.39. The first-order valence-electron chi connectivity index (χ1n) is 10.4. The molecule has 1 saturated heterocycles. The van der Waals surface area contributed by atoms with Crippen molar-refractivity contribution in [2.24, 2.45) is 10.9 Å².